The number of hydrogen-bond acceptors (Lipinski definition) is 3. The molecular weight excluding hydrogens is 444 g/mol. The van der Waals surface area contributed by atoms with Gasteiger partial charge >= 0.3 is 0 Å². The van der Waals surface area contributed by atoms with Gasteiger partial charge in [-0.2, -0.15) is 5.26 Å². The van der Waals surface area contributed by atoms with E-state index >= 15 is 0 Å². The number of fused-ring (bicyclic) bond motifs is 1. The molecule has 5 rings (SSSR count). The highest BCUT2D eigenvalue weighted by Crippen LogP contribution is 2.46. The number of aromatic nitrogens is 1. The van der Waals surface area contributed by atoms with Gasteiger partial charge in [-0.25, -0.2) is 4.98 Å². The summed E-state index contributed by atoms with van der Waals surface area (Å²) < 4.78 is 1.20. The van der Waals surface area contributed by atoms with Gasteiger partial charge in [-0.15, -0.1) is 11.3 Å². The normalized spacial score (nSPS) is 14.5. The van der Waals surface area contributed by atoms with Crippen LogP contribution in [0.1, 0.15) is 59.6 Å². The second-order valence-electron chi connectivity index (χ2n) is 9.39. The summed E-state index contributed by atoms with van der Waals surface area (Å²) in [6.45, 7) is 8.10. The fourth-order valence-electron chi connectivity index (χ4n) is 4.78. The van der Waals surface area contributed by atoms with Gasteiger partial charge in [0.2, 0.25) is 0 Å². The van der Waals surface area contributed by atoms with Crippen molar-refractivity contribution in [3.05, 3.63) is 118 Å². The van der Waals surface area contributed by atoms with Crippen molar-refractivity contribution in [2.45, 2.75) is 33.1 Å². The first-order chi connectivity index (χ1) is 17.0. The van der Waals surface area contributed by atoms with Gasteiger partial charge in [-0.3, -0.25) is 0 Å². The minimum absolute atomic E-state index is 0.505. The molecule has 0 N–H and O–H groups in total. The summed E-state index contributed by atoms with van der Waals surface area (Å²) in [6, 6.07) is 23.9. The van der Waals surface area contributed by atoms with Crippen molar-refractivity contribution < 1.29 is 0 Å². The molecule has 0 unspecified atom stereocenters. The van der Waals surface area contributed by atoms with Crippen LogP contribution in [0.25, 0.3) is 27.4 Å². The monoisotopic (exact) mass is 472 g/mol. The molecule has 4 aromatic rings. The van der Waals surface area contributed by atoms with Gasteiger partial charge in [0, 0.05) is 0 Å². The van der Waals surface area contributed by atoms with Crippen LogP contribution in [0.2, 0.25) is 0 Å². The highest BCUT2D eigenvalue weighted by atomic mass is 32.1. The maximum Gasteiger partial charge on any atom is 0.0991 e. The molecule has 3 aromatic carbocycles. The van der Waals surface area contributed by atoms with Crippen LogP contribution < -0.4 is 0 Å². The van der Waals surface area contributed by atoms with E-state index in [2.05, 4.69) is 79.2 Å². The van der Waals surface area contributed by atoms with Crippen LogP contribution in [0.4, 0.5) is 0 Å². The molecule has 0 saturated heterocycles. The average Bonchev–Trinajstić information content (AvgIpc) is 3.30. The molecule has 1 aliphatic carbocycles. The van der Waals surface area contributed by atoms with Crippen molar-refractivity contribution >= 4 is 38.8 Å². The molecular formula is C32H28N2S. The number of nitrogens with zero attached hydrogens (tertiary/aromatic N) is 2. The van der Waals surface area contributed by atoms with E-state index in [1.54, 1.807) is 11.3 Å². The lowest BCUT2D eigenvalue weighted by Crippen LogP contribution is -2.16. The van der Waals surface area contributed by atoms with Crippen LogP contribution in [0, 0.1) is 24.2 Å². The van der Waals surface area contributed by atoms with Crippen LogP contribution in [0.3, 0.4) is 0 Å². The Balaban J connectivity index is 1.75. The van der Waals surface area contributed by atoms with Crippen molar-refractivity contribution in [3.8, 4) is 6.07 Å². The minimum atomic E-state index is 0.505. The Bertz CT molecular complexity index is 1510. The summed E-state index contributed by atoms with van der Waals surface area (Å²) in [5.74, 6) is 0.505. The van der Waals surface area contributed by atoms with E-state index in [4.69, 9.17) is 0 Å². The molecule has 0 aliphatic heterocycles. The largest absolute Gasteiger partial charge is 0.245 e. The molecule has 2 nitrogen and oxygen atoms in total. The number of nitriles is 1. The third-order valence-electron chi connectivity index (χ3n) is 6.81. The first kappa shape index (κ1) is 23.0. The zero-order valence-electron chi connectivity index (χ0n) is 20.2. The molecule has 0 radical (unpaired) electrons. The van der Waals surface area contributed by atoms with Crippen LogP contribution in [0.15, 0.2) is 84.4 Å². The van der Waals surface area contributed by atoms with Gasteiger partial charge in [0.15, 0.2) is 0 Å². The van der Waals surface area contributed by atoms with Gasteiger partial charge in [0.1, 0.15) is 0 Å². The summed E-state index contributed by atoms with van der Waals surface area (Å²) in [4.78, 5) is 4.60. The molecule has 3 heteroatoms. The van der Waals surface area contributed by atoms with Crippen LogP contribution in [0.5, 0.6) is 0 Å². The van der Waals surface area contributed by atoms with Crippen molar-refractivity contribution in [3.63, 3.8) is 0 Å². The number of hydrogen-bond donors (Lipinski definition) is 0. The topological polar surface area (TPSA) is 36.7 Å². The summed E-state index contributed by atoms with van der Waals surface area (Å²) in [6.07, 6.45) is 7.79. The van der Waals surface area contributed by atoms with E-state index < -0.39 is 0 Å². The zero-order chi connectivity index (χ0) is 24.4. The predicted molar refractivity (Wildman–Crippen MR) is 149 cm³/mol. The Morgan fingerprint density at radius 1 is 1.06 bits per heavy atom. The predicted octanol–water partition coefficient (Wildman–Crippen LogP) is 8.82. The molecule has 172 valence electrons. The Morgan fingerprint density at radius 2 is 1.83 bits per heavy atom. The van der Waals surface area contributed by atoms with E-state index in [9.17, 15) is 5.26 Å². The molecule has 35 heavy (non-hydrogen) atoms. The van der Waals surface area contributed by atoms with E-state index in [1.807, 2.05) is 30.6 Å². The van der Waals surface area contributed by atoms with Crippen LogP contribution in [-0.2, 0) is 0 Å². The Morgan fingerprint density at radius 3 is 2.49 bits per heavy atom. The van der Waals surface area contributed by atoms with Crippen molar-refractivity contribution in [1.29, 1.82) is 5.26 Å². The van der Waals surface area contributed by atoms with E-state index in [-0.39, 0.29) is 0 Å². The molecule has 0 spiro atoms. The lowest BCUT2D eigenvalue weighted by molar-refractivity contribution is 0.401. The van der Waals surface area contributed by atoms with Gasteiger partial charge < -0.3 is 0 Å². The lowest BCUT2D eigenvalue weighted by atomic mass is 9.72. The van der Waals surface area contributed by atoms with Crippen LogP contribution in [-0.4, -0.2) is 4.98 Å². The Hall–Kier alpha value is -3.74. The molecule has 1 heterocycles. The standard InChI is InChI=1S/C32H28N2S/c1-21(2)7-8-23-9-12-26(13-10-23)31(27-14-16-30-29(18-27)34-20-35-30)32(25-5-4-6-25)28-15-11-24(19-33)17-22(28)3/h7-18,20,25H,1,4-6H2,2-3H3/b8-7+,32-31+. The zero-order valence-corrected chi connectivity index (χ0v) is 21.0. The van der Waals surface area contributed by atoms with E-state index in [0.29, 0.717) is 11.5 Å². The first-order valence-electron chi connectivity index (χ1n) is 12.1. The molecule has 1 fully saturated rings. The summed E-state index contributed by atoms with van der Waals surface area (Å²) >= 11 is 1.67. The summed E-state index contributed by atoms with van der Waals surface area (Å²) in [5.41, 5.74) is 13.3. The summed E-state index contributed by atoms with van der Waals surface area (Å²) in [7, 11) is 0. The van der Waals surface area contributed by atoms with Crippen molar-refractivity contribution in [1.82, 2.24) is 4.98 Å². The van der Waals surface area contributed by atoms with E-state index in [1.165, 1.54) is 51.8 Å². The smallest absolute Gasteiger partial charge is 0.0991 e. The molecule has 0 amide bonds. The molecule has 1 aromatic heterocycles. The van der Waals surface area contributed by atoms with Gasteiger partial charge in [0.25, 0.3) is 0 Å². The Labute approximate surface area is 211 Å². The maximum absolute atomic E-state index is 9.43. The average molecular weight is 473 g/mol. The minimum Gasteiger partial charge on any atom is -0.245 e. The number of thiazole rings is 1. The number of allylic oxidation sites excluding steroid dienone is 3. The Kier molecular flexibility index (Phi) is 6.49. The fraction of sp³-hybridized carbons (Fsp3) is 0.188. The third kappa shape index (κ3) is 4.76. The first-order valence-corrected chi connectivity index (χ1v) is 12.9. The van der Waals surface area contributed by atoms with Gasteiger partial charge in [-0.05, 0) is 95.8 Å². The molecule has 1 saturated carbocycles. The highest BCUT2D eigenvalue weighted by molar-refractivity contribution is 7.16. The second-order valence-corrected chi connectivity index (χ2v) is 10.3. The molecule has 0 atom stereocenters. The highest BCUT2D eigenvalue weighted by Gasteiger charge is 2.28. The molecule has 1 aliphatic rings. The van der Waals surface area contributed by atoms with Crippen LogP contribution >= 0.6 is 11.3 Å². The maximum atomic E-state index is 9.43. The fourth-order valence-corrected chi connectivity index (χ4v) is 5.44. The second kappa shape index (κ2) is 9.86. The number of aryl methyl sites for hydroxylation is 1. The SMILES string of the molecule is C=C(C)/C=C/c1ccc(/C(=C(\c2ccc(C#N)cc2C)C2CCC2)c2ccc3scnc3c2)cc1. The lowest BCUT2D eigenvalue weighted by Gasteiger charge is -2.32. The number of benzene rings is 3. The summed E-state index contributed by atoms with van der Waals surface area (Å²) in [5, 5.41) is 9.43. The van der Waals surface area contributed by atoms with Crippen molar-refractivity contribution in [2.75, 3.05) is 0 Å². The van der Waals surface area contributed by atoms with Gasteiger partial charge in [0.05, 0.1) is 27.4 Å². The van der Waals surface area contributed by atoms with Crippen molar-refractivity contribution in [2.24, 2.45) is 5.92 Å². The molecule has 0 bridgehead atoms. The van der Waals surface area contributed by atoms with E-state index in [0.717, 1.165) is 22.2 Å². The quantitative estimate of drug-likeness (QED) is 0.208. The third-order valence-corrected chi connectivity index (χ3v) is 7.62. The number of rotatable bonds is 6. The van der Waals surface area contributed by atoms with Gasteiger partial charge in [-0.1, -0.05) is 67.1 Å².